The Balaban J connectivity index is 3.79. The maximum absolute atomic E-state index is 12.3. The summed E-state index contributed by atoms with van der Waals surface area (Å²) in [5, 5.41) is 32.9. The third-order valence-corrected chi connectivity index (χ3v) is 7.08. The molecule has 0 spiro atoms. The van der Waals surface area contributed by atoms with Crippen molar-refractivity contribution in [1.29, 1.82) is 0 Å². The zero-order chi connectivity index (χ0) is 26.7. The molecule has 0 aromatic carbocycles. The van der Waals surface area contributed by atoms with E-state index in [0.29, 0.717) is 12.8 Å². The number of unbranched alkanes of at least 4 members (excludes halogenated alkanes) is 16. The van der Waals surface area contributed by atoms with Crippen molar-refractivity contribution >= 4 is 5.91 Å². The summed E-state index contributed by atoms with van der Waals surface area (Å²) >= 11 is 0. The van der Waals surface area contributed by atoms with Crippen LogP contribution in [0.15, 0.2) is 12.2 Å². The molecule has 214 valence electrons. The Bertz CT molecular complexity index is 497. The fourth-order valence-electron chi connectivity index (χ4n) is 4.64. The second kappa shape index (κ2) is 27.1. The molecule has 0 heterocycles. The number of hydrogen-bond donors (Lipinski definition) is 4. The number of nitrogens with one attached hydrogen (secondary N) is 1. The molecule has 0 aliphatic carbocycles. The lowest BCUT2D eigenvalue weighted by Crippen LogP contribution is -2.46. The summed E-state index contributed by atoms with van der Waals surface area (Å²) in [6.45, 7) is 4.19. The lowest BCUT2D eigenvalue weighted by atomic mass is 10.0. The third-order valence-electron chi connectivity index (χ3n) is 7.08. The van der Waals surface area contributed by atoms with Crippen LogP contribution in [0.3, 0.4) is 0 Å². The van der Waals surface area contributed by atoms with Crippen LogP contribution in [0.5, 0.6) is 0 Å². The minimum atomic E-state index is -0.748. The van der Waals surface area contributed by atoms with E-state index in [-0.39, 0.29) is 18.9 Å². The SMILES string of the molecule is CCCCCCCC/C=C\CCCC(O)CC(=O)NC(CO)C(O)CCCCCCCCCCCC. The van der Waals surface area contributed by atoms with Gasteiger partial charge in [0.1, 0.15) is 0 Å². The summed E-state index contributed by atoms with van der Waals surface area (Å²) in [4.78, 5) is 12.3. The molecule has 0 bridgehead atoms. The lowest BCUT2D eigenvalue weighted by Gasteiger charge is -2.23. The Kier molecular flexibility index (Phi) is 26.4. The number of hydrogen-bond acceptors (Lipinski definition) is 4. The first kappa shape index (κ1) is 35.1. The Morgan fingerprint density at radius 2 is 1.14 bits per heavy atom. The van der Waals surface area contributed by atoms with Crippen molar-refractivity contribution in [2.75, 3.05) is 6.61 Å². The molecule has 3 atom stereocenters. The number of allylic oxidation sites excluding steroid dienone is 2. The first-order chi connectivity index (χ1) is 17.5. The van der Waals surface area contributed by atoms with Gasteiger partial charge in [0.25, 0.3) is 0 Å². The number of amides is 1. The van der Waals surface area contributed by atoms with Crippen LogP contribution < -0.4 is 5.32 Å². The van der Waals surface area contributed by atoms with E-state index in [2.05, 4.69) is 31.3 Å². The van der Waals surface area contributed by atoms with Crippen LogP contribution in [0.25, 0.3) is 0 Å². The normalized spacial score (nSPS) is 14.2. The Hall–Kier alpha value is -0.910. The zero-order valence-corrected chi connectivity index (χ0v) is 23.9. The second-order valence-electron chi connectivity index (χ2n) is 10.7. The van der Waals surface area contributed by atoms with Crippen molar-refractivity contribution in [2.24, 2.45) is 0 Å². The second-order valence-corrected chi connectivity index (χ2v) is 10.7. The van der Waals surface area contributed by atoms with Crippen LogP contribution in [0, 0.1) is 0 Å². The maximum atomic E-state index is 12.3. The molecule has 36 heavy (non-hydrogen) atoms. The van der Waals surface area contributed by atoms with Gasteiger partial charge in [-0.3, -0.25) is 4.79 Å². The monoisotopic (exact) mass is 511 g/mol. The number of aliphatic hydroxyl groups is 3. The van der Waals surface area contributed by atoms with Crippen LogP contribution in [-0.4, -0.2) is 46.1 Å². The number of carbonyl (C=O) groups excluding carboxylic acids is 1. The molecule has 1 amide bonds. The quantitative estimate of drug-likeness (QED) is 0.0685. The van der Waals surface area contributed by atoms with Crippen LogP contribution in [0.2, 0.25) is 0 Å². The molecule has 4 N–H and O–H groups in total. The van der Waals surface area contributed by atoms with Crippen molar-refractivity contribution in [3.63, 3.8) is 0 Å². The Morgan fingerprint density at radius 1 is 0.667 bits per heavy atom. The fraction of sp³-hybridized carbons (Fsp3) is 0.903. The molecular formula is C31H61NO4. The molecule has 3 unspecified atom stereocenters. The van der Waals surface area contributed by atoms with Gasteiger partial charge < -0.3 is 20.6 Å². The molecule has 0 aliphatic heterocycles. The van der Waals surface area contributed by atoms with Gasteiger partial charge in [-0.25, -0.2) is 0 Å². The Morgan fingerprint density at radius 3 is 1.67 bits per heavy atom. The molecule has 5 nitrogen and oxygen atoms in total. The molecule has 0 saturated heterocycles. The van der Waals surface area contributed by atoms with Crippen molar-refractivity contribution in [1.82, 2.24) is 5.32 Å². The number of aliphatic hydroxyl groups excluding tert-OH is 3. The van der Waals surface area contributed by atoms with Crippen molar-refractivity contribution in [3.05, 3.63) is 12.2 Å². The topological polar surface area (TPSA) is 89.8 Å². The molecule has 0 aromatic heterocycles. The average Bonchev–Trinajstić information content (AvgIpc) is 2.86. The van der Waals surface area contributed by atoms with E-state index in [1.807, 2.05) is 0 Å². The van der Waals surface area contributed by atoms with Gasteiger partial charge in [0.15, 0.2) is 0 Å². The standard InChI is InChI=1S/C31H61NO4/c1-3-5-7-9-11-13-15-16-18-20-22-24-28(34)26-31(36)32-29(27-33)30(35)25-23-21-19-17-14-12-10-8-6-4-2/h16,18,28-30,33-35H,3-15,17,19-27H2,1-2H3,(H,32,36)/b18-16-. The largest absolute Gasteiger partial charge is 0.394 e. The van der Waals surface area contributed by atoms with Crippen molar-refractivity contribution in [3.8, 4) is 0 Å². The van der Waals surface area contributed by atoms with Gasteiger partial charge >= 0.3 is 0 Å². The highest BCUT2D eigenvalue weighted by Gasteiger charge is 2.21. The predicted molar refractivity (Wildman–Crippen MR) is 153 cm³/mol. The predicted octanol–water partition coefficient (Wildman–Crippen LogP) is 7.36. The van der Waals surface area contributed by atoms with Crippen LogP contribution in [-0.2, 0) is 4.79 Å². The summed E-state index contributed by atoms with van der Waals surface area (Å²) < 4.78 is 0. The minimum Gasteiger partial charge on any atom is -0.394 e. The van der Waals surface area contributed by atoms with Gasteiger partial charge in [0.05, 0.1) is 31.3 Å². The average molecular weight is 512 g/mol. The van der Waals surface area contributed by atoms with Crippen molar-refractivity contribution in [2.45, 2.75) is 173 Å². The zero-order valence-electron chi connectivity index (χ0n) is 23.9. The van der Waals surface area contributed by atoms with E-state index in [9.17, 15) is 20.1 Å². The van der Waals surface area contributed by atoms with Crippen LogP contribution >= 0.6 is 0 Å². The highest BCUT2D eigenvalue weighted by molar-refractivity contribution is 5.76. The summed E-state index contributed by atoms with van der Waals surface area (Å²) in [6.07, 6.45) is 27.3. The number of carbonyl (C=O) groups is 1. The molecule has 0 fully saturated rings. The molecule has 0 rings (SSSR count). The van der Waals surface area contributed by atoms with E-state index < -0.39 is 18.2 Å². The van der Waals surface area contributed by atoms with Gasteiger partial charge in [-0.2, -0.15) is 0 Å². The van der Waals surface area contributed by atoms with E-state index in [0.717, 1.165) is 32.1 Å². The van der Waals surface area contributed by atoms with Gasteiger partial charge in [0, 0.05) is 0 Å². The minimum absolute atomic E-state index is 0.0168. The summed E-state index contributed by atoms with van der Waals surface area (Å²) in [7, 11) is 0. The molecule has 0 radical (unpaired) electrons. The van der Waals surface area contributed by atoms with Crippen LogP contribution in [0.1, 0.15) is 155 Å². The molecule has 0 saturated carbocycles. The summed E-state index contributed by atoms with van der Waals surface area (Å²) in [6, 6.07) is -0.659. The lowest BCUT2D eigenvalue weighted by molar-refractivity contribution is -0.125. The molecule has 5 heteroatoms. The number of rotatable bonds is 27. The molecule has 0 aliphatic rings. The summed E-state index contributed by atoms with van der Waals surface area (Å²) in [5.74, 6) is -0.303. The van der Waals surface area contributed by atoms with E-state index in [4.69, 9.17) is 0 Å². The highest BCUT2D eigenvalue weighted by atomic mass is 16.3. The van der Waals surface area contributed by atoms with Gasteiger partial charge in [-0.1, -0.05) is 122 Å². The van der Waals surface area contributed by atoms with Gasteiger partial charge in [-0.05, 0) is 38.5 Å². The fourth-order valence-corrected chi connectivity index (χ4v) is 4.64. The van der Waals surface area contributed by atoms with Crippen molar-refractivity contribution < 1.29 is 20.1 Å². The third kappa shape index (κ3) is 23.5. The van der Waals surface area contributed by atoms with E-state index in [1.165, 1.54) is 89.9 Å². The Labute approximate surface area is 223 Å². The highest BCUT2D eigenvalue weighted by Crippen LogP contribution is 2.14. The van der Waals surface area contributed by atoms with E-state index >= 15 is 0 Å². The first-order valence-electron chi connectivity index (χ1n) is 15.5. The van der Waals surface area contributed by atoms with E-state index in [1.54, 1.807) is 0 Å². The first-order valence-corrected chi connectivity index (χ1v) is 15.5. The van der Waals surface area contributed by atoms with Gasteiger partial charge in [-0.15, -0.1) is 0 Å². The van der Waals surface area contributed by atoms with Crippen LogP contribution in [0.4, 0.5) is 0 Å². The molecule has 0 aromatic rings. The van der Waals surface area contributed by atoms with Gasteiger partial charge in [0.2, 0.25) is 5.91 Å². The maximum Gasteiger partial charge on any atom is 0.222 e. The smallest absolute Gasteiger partial charge is 0.222 e. The summed E-state index contributed by atoms with van der Waals surface area (Å²) in [5.41, 5.74) is 0. The molecular weight excluding hydrogens is 450 g/mol.